The lowest BCUT2D eigenvalue weighted by molar-refractivity contribution is -0.309. The zero-order valence-electron chi connectivity index (χ0n) is 64.8. The Hall–Kier alpha value is -5.01. The fourth-order valence-corrected chi connectivity index (χ4v) is 15.6. The number of aliphatic hydroxyl groups is 10. The van der Waals surface area contributed by atoms with Crippen LogP contribution in [-0.4, -0.2) is 321 Å². The van der Waals surface area contributed by atoms with Crippen LogP contribution in [0.25, 0.3) is 0 Å². The van der Waals surface area contributed by atoms with Crippen molar-refractivity contribution < 1.29 is 158 Å². The molecule has 110 heavy (non-hydrogen) atoms. The first-order valence-electron chi connectivity index (χ1n) is 35.8. The number of nitrogens with one attached hydrogen (secondary N) is 6. The number of alkyl halides is 6. The number of alkyl carbamates (subject to hydrolysis) is 4. The van der Waals surface area contributed by atoms with Crippen molar-refractivity contribution in [2.75, 3.05) is 37.7 Å². The van der Waals surface area contributed by atoms with E-state index < -0.39 is 282 Å². The molecule has 3 aliphatic carbocycles. The smallest absolute Gasteiger partial charge is 0.408 e. The van der Waals surface area contributed by atoms with Gasteiger partial charge in [-0.1, -0.05) is 27.7 Å². The SMILES string of the molecule is CC(C)(C)NC(=O)N(C[C@H]1O[C@@]2(O)C(C)(C)[C@@]2(O)[C@]2(O)C(C)(C)[C@]12O)C(C(=O)NCCSC[C@H]1O[C@@H](O[C@@H]2[C@@H](O)[C@H](N)C[C@H](N)[C@H]2O[C@H]2O[C@H](CNC(=O)OC(C)(C)C)[C@H](O)[C@H](O)[C@H]2NC(=O)OC(C)(C)C)[C@H](O)[C@@H]1O[C@H]1O[C@H](CNC(=O)OC(C)(C)C)[C@H](O)[C@H](O)[C@H]1NC(=O)OC(C)(C)C)C(C(F)(F)F)C(F)(F)F. The van der Waals surface area contributed by atoms with Crippen LogP contribution in [0.3, 0.4) is 0 Å². The second kappa shape index (κ2) is 32.2. The number of fused-ring (bicyclic) bond motifs is 3. The maximum atomic E-state index is 15.3. The molecule has 4 aliphatic heterocycles. The number of hydrogen-bond acceptors (Lipinski definition) is 30. The second-order valence-electron chi connectivity index (χ2n) is 34.9. The Morgan fingerprint density at radius 2 is 0.945 bits per heavy atom. The van der Waals surface area contributed by atoms with Crippen LogP contribution in [-0.2, 0) is 56.9 Å². The number of carbonyl (C=O) groups is 6. The zero-order valence-corrected chi connectivity index (χ0v) is 65.7. The number of nitrogens with two attached hydrogens (primary N) is 2. The van der Waals surface area contributed by atoms with Crippen molar-refractivity contribution in [1.29, 1.82) is 0 Å². The summed E-state index contributed by atoms with van der Waals surface area (Å²) < 4.78 is 157. The molecule has 3 saturated carbocycles. The lowest BCUT2D eigenvalue weighted by atomic mass is 9.84. The Kier molecular flexibility index (Phi) is 27.0. The van der Waals surface area contributed by atoms with Gasteiger partial charge in [-0.15, -0.1) is 0 Å². The molecule has 43 heteroatoms. The van der Waals surface area contributed by atoms with Crippen molar-refractivity contribution in [2.24, 2.45) is 28.2 Å². The summed E-state index contributed by atoms with van der Waals surface area (Å²) in [7, 11) is 0. The normalized spacial score (nSPS) is 37.3. The third kappa shape index (κ3) is 19.2. The van der Waals surface area contributed by atoms with E-state index in [1.807, 2.05) is 5.32 Å². The van der Waals surface area contributed by atoms with Crippen molar-refractivity contribution in [3.05, 3.63) is 0 Å². The summed E-state index contributed by atoms with van der Waals surface area (Å²) in [5.74, 6) is -10.7. The molecule has 0 radical (unpaired) electrons. The van der Waals surface area contributed by atoms with Gasteiger partial charge in [0.05, 0.1) is 24.2 Å². The first-order chi connectivity index (χ1) is 49.7. The van der Waals surface area contributed by atoms with Gasteiger partial charge in [0.1, 0.15) is 119 Å². The van der Waals surface area contributed by atoms with Crippen molar-refractivity contribution in [1.82, 2.24) is 36.8 Å². The number of hydrogen-bond donors (Lipinski definition) is 18. The van der Waals surface area contributed by atoms with Crippen LogP contribution in [0, 0.1) is 16.7 Å². The quantitative estimate of drug-likeness (QED) is 0.0369. The number of carbonyl (C=O) groups excluding carboxylic acids is 6. The molecule has 0 bridgehead atoms. The van der Waals surface area contributed by atoms with Crippen LogP contribution in [0.5, 0.6) is 0 Å². The third-order valence-corrected chi connectivity index (χ3v) is 21.1. The second-order valence-corrected chi connectivity index (χ2v) is 36.1. The first kappa shape index (κ1) is 92.2. The number of amides is 7. The topological polar surface area (TPSA) is 534 Å². The van der Waals surface area contributed by atoms with Gasteiger partial charge in [0, 0.05) is 54.2 Å². The fourth-order valence-electron chi connectivity index (χ4n) is 14.7. The van der Waals surface area contributed by atoms with E-state index >= 15 is 26.3 Å². The Labute approximate surface area is 636 Å². The van der Waals surface area contributed by atoms with Gasteiger partial charge < -0.3 is 151 Å². The van der Waals surface area contributed by atoms with Crippen molar-refractivity contribution >= 4 is 48.1 Å². The lowest BCUT2D eigenvalue weighted by Crippen LogP contribution is -2.69. The molecule has 0 aromatic rings. The standard InChI is InChI=1S/C67H113F6N9O27S/c1-55(2,3)81-50(90)82(25-32-62(95)60(16,17)65(62,96)66(97)61(18,19)67(66,98)105-32)35(45(63(68,69)70)64(71,72)73)46(89)76-20-21-110-26-31-43(103-48-34(80-54(94)109-59(13,14)15)40(87)38(85)30(100-48)24-78-52(92)107-57(7,8)9)41(88)49(101-31)104-44-36(83)27(74)22-28(75)42(44)102-47-33(79-53(93)108-58(10,11)12)39(86)37(84)29(99-47)23-77-51(91)106-56(4,5)6/h27-45,47-49,83-88,95-98H,20-26,74-75H2,1-19H3,(H,76,89)(H,77,91)(H,78,92)(H,79,93)(H,80,94)(H,81,90)/t27-,28+,29-,30-,31-,32-,33-,34-,35?,36+,37+,38+,39-,40-,41-,42-,43-,44-,47-,48-,49+,62-,65+,66-,67+/m1/s1. The van der Waals surface area contributed by atoms with E-state index in [9.17, 15) is 79.8 Å². The zero-order chi connectivity index (χ0) is 83.9. The van der Waals surface area contributed by atoms with E-state index in [0.717, 1.165) is 13.8 Å². The molecule has 0 aromatic carbocycles. The maximum Gasteiger partial charge on any atom is 0.408 e. The van der Waals surface area contributed by atoms with E-state index in [1.54, 1.807) is 41.5 Å². The van der Waals surface area contributed by atoms with E-state index in [1.165, 1.54) is 76.2 Å². The summed E-state index contributed by atoms with van der Waals surface area (Å²) in [5, 5.41) is 133. The molecule has 7 rings (SSSR count). The largest absolute Gasteiger partial charge is 0.444 e. The summed E-state index contributed by atoms with van der Waals surface area (Å²) in [6, 6.07) is -11.7. The van der Waals surface area contributed by atoms with Crippen LogP contribution >= 0.6 is 11.8 Å². The Balaban J connectivity index is 1.24. The number of nitrogens with zero attached hydrogens (tertiary/aromatic N) is 1. The summed E-state index contributed by atoms with van der Waals surface area (Å²) >= 11 is 0.685. The number of ether oxygens (including phenoxy) is 11. The van der Waals surface area contributed by atoms with Crippen molar-refractivity contribution in [3.8, 4) is 0 Å². The Bertz CT molecular complexity index is 3250. The van der Waals surface area contributed by atoms with Gasteiger partial charge in [-0.25, -0.2) is 24.0 Å². The van der Waals surface area contributed by atoms with Gasteiger partial charge in [0.2, 0.25) is 11.7 Å². The predicted molar refractivity (Wildman–Crippen MR) is 369 cm³/mol. The number of halogens is 6. The first-order valence-corrected chi connectivity index (χ1v) is 37.0. The van der Waals surface area contributed by atoms with Gasteiger partial charge in [-0.2, -0.15) is 38.1 Å². The highest BCUT2D eigenvalue weighted by atomic mass is 32.2. The summed E-state index contributed by atoms with van der Waals surface area (Å²) in [6.07, 6.45) is -48.3. The molecule has 20 N–H and O–H groups in total. The minimum Gasteiger partial charge on any atom is -0.444 e. The highest BCUT2D eigenvalue weighted by Gasteiger charge is 3.08. The summed E-state index contributed by atoms with van der Waals surface area (Å²) in [4.78, 5) is 81.6. The lowest BCUT2D eigenvalue weighted by Gasteiger charge is -2.48. The van der Waals surface area contributed by atoms with Crippen molar-refractivity contribution in [3.63, 3.8) is 0 Å². The van der Waals surface area contributed by atoms with Crippen LogP contribution < -0.4 is 43.4 Å². The maximum absolute atomic E-state index is 15.3. The Morgan fingerprint density at radius 1 is 0.527 bits per heavy atom. The number of urea groups is 1. The van der Waals surface area contributed by atoms with Gasteiger partial charge >= 0.3 is 42.8 Å². The van der Waals surface area contributed by atoms with Crippen LogP contribution in [0.4, 0.5) is 50.3 Å². The number of aliphatic hydroxyl groups excluding tert-OH is 6. The molecule has 4 heterocycles. The van der Waals surface area contributed by atoms with Gasteiger partial charge in [0.15, 0.2) is 30.4 Å². The molecule has 1 unspecified atom stereocenters. The average molecular weight is 1620 g/mol. The Morgan fingerprint density at radius 3 is 1.37 bits per heavy atom. The molecule has 7 aliphatic rings. The molecule has 25 atom stereocenters. The molecular weight excluding hydrogens is 1510 g/mol. The minimum atomic E-state index is -6.39. The van der Waals surface area contributed by atoms with Gasteiger partial charge in [0.25, 0.3) is 0 Å². The van der Waals surface area contributed by atoms with Crippen LogP contribution in [0.2, 0.25) is 0 Å². The molecule has 4 saturated heterocycles. The van der Waals surface area contributed by atoms with Crippen LogP contribution in [0.15, 0.2) is 0 Å². The predicted octanol–water partition coefficient (Wildman–Crippen LogP) is -0.494. The third-order valence-electron chi connectivity index (χ3n) is 20.1. The monoisotopic (exact) mass is 1620 g/mol. The molecule has 0 spiro atoms. The average Bonchev–Trinajstić information content (AvgIpc) is 1.40. The molecule has 7 fully saturated rings. The molecule has 636 valence electrons. The van der Waals surface area contributed by atoms with E-state index in [4.69, 9.17) is 63.6 Å². The summed E-state index contributed by atoms with van der Waals surface area (Å²) in [6.45, 7) is 23.2. The van der Waals surface area contributed by atoms with E-state index in [-0.39, 0.29) is 11.3 Å². The van der Waals surface area contributed by atoms with Gasteiger partial charge in [-0.05, 0) is 110 Å². The van der Waals surface area contributed by atoms with Gasteiger partial charge in [-0.3, -0.25) is 4.79 Å². The number of thioether (sulfide) groups is 1. The number of rotatable bonds is 22. The molecule has 0 aromatic heterocycles. The highest BCUT2D eigenvalue weighted by molar-refractivity contribution is 7.99. The highest BCUT2D eigenvalue weighted by Crippen LogP contribution is 2.87. The molecule has 7 amide bonds. The van der Waals surface area contributed by atoms with Crippen LogP contribution in [0.1, 0.15) is 138 Å². The van der Waals surface area contributed by atoms with E-state index in [0.29, 0.717) is 11.8 Å². The molecule has 36 nitrogen and oxygen atoms in total. The minimum absolute atomic E-state index is 0.195. The fraction of sp³-hybridized carbons (Fsp3) is 0.910. The van der Waals surface area contributed by atoms with Crippen molar-refractivity contribution in [2.45, 2.75) is 329 Å². The summed E-state index contributed by atoms with van der Waals surface area (Å²) in [5.41, 5.74) is -4.92. The molecular formula is C67H113F6N9O27S. The van der Waals surface area contributed by atoms with E-state index in [2.05, 4.69) is 26.6 Å².